The van der Waals surface area contributed by atoms with Crippen molar-refractivity contribution >= 4 is 0 Å². The van der Waals surface area contributed by atoms with E-state index in [0.29, 0.717) is 19.1 Å². The fourth-order valence-corrected chi connectivity index (χ4v) is 5.70. The van der Waals surface area contributed by atoms with Crippen LogP contribution in [0.1, 0.15) is 75.7 Å². The molecular formula is C30H44N2O3. The number of rotatable bonds is 11. The summed E-state index contributed by atoms with van der Waals surface area (Å²) in [6.07, 6.45) is 10.4. The zero-order chi connectivity index (χ0) is 24.5. The zero-order valence-corrected chi connectivity index (χ0v) is 22.1. The standard InChI is InChI=1S/C30H44N2O3/c1-4-23-13-10-14-24(5-2)29(23)27-21-28(35-20-17-32-15-18-33-19-16-32)26(22-31-27)30(34-6-3)25-11-8-7-9-12-25/h10,13-14,21-22,25,30H,4-9,11-12,15-20H2,1-3H3. The molecule has 1 aromatic carbocycles. The molecule has 35 heavy (non-hydrogen) atoms. The predicted molar refractivity (Wildman–Crippen MR) is 142 cm³/mol. The van der Waals surface area contributed by atoms with E-state index in [2.05, 4.69) is 56.1 Å². The van der Waals surface area contributed by atoms with Gasteiger partial charge in [0, 0.05) is 49.6 Å². The van der Waals surface area contributed by atoms with Crippen molar-refractivity contribution in [1.29, 1.82) is 0 Å². The summed E-state index contributed by atoms with van der Waals surface area (Å²) in [4.78, 5) is 7.46. The number of aryl methyl sites for hydroxylation is 2. The molecule has 2 fully saturated rings. The Morgan fingerprint density at radius 3 is 2.40 bits per heavy atom. The van der Waals surface area contributed by atoms with Crippen LogP contribution in [0, 0.1) is 5.92 Å². The van der Waals surface area contributed by atoms with Gasteiger partial charge < -0.3 is 14.2 Å². The SMILES string of the molecule is CCOC(c1cnc(-c2c(CC)cccc2CC)cc1OCCN1CCOCC1)C1CCCCC1. The minimum absolute atomic E-state index is 0.0484. The number of hydrogen-bond acceptors (Lipinski definition) is 5. The van der Waals surface area contributed by atoms with E-state index >= 15 is 0 Å². The molecule has 0 radical (unpaired) electrons. The summed E-state index contributed by atoms with van der Waals surface area (Å²) in [7, 11) is 0. The molecule has 2 aliphatic rings. The lowest BCUT2D eigenvalue weighted by Gasteiger charge is -2.31. The highest BCUT2D eigenvalue weighted by Gasteiger charge is 2.29. The molecule has 2 heterocycles. The van der Waals surface area contributed by atoms with E-state index in [1.807, 2.05) is 0 Å². The molecule has 5 heteroatoms. The first-order valence-electron chi connectivity index (χ1n) is 13.9. The van der Waals surface area contributed by atoms with Gasteiger partial charge in [0.1, 0.15) is 12.4 Å². The van der Waals surface area contributed by atoms with Crippen molar-refractivity contribution in [2.45, 2.75) is 71.8 Å². The molecule has 0 N–H and O–H groups in total. The Labute approximate surface area is 212 Å². The van der Waals surface area contributed by atoms with E-state index in [0.717, 1.165) is 62.7 Å². The number of hydrogen-bond donors (Lipinski definition) is 0. The molecule has 1 saturated heterocycles. The van der Waals surface area contributed by atoms with Crippen LogP contribution in [0.25, 0.3) is 11.3 Å². The second kappa shape index (κ2) is 13.4. The molecule has 1 aliphatic heterocycles. The molecule has 1 unspecified atom stereocenters. The summed E-state index contributed by atoms with van der Waals surface area (Å²) in [5.41, 5.74) is 6.10. The van der Waals surface area contributed by atoms with Gasteiger partial charge in [-0.25, -0.2) is 0 Å². The summed E-state index contributed by atoms with van der Waals surface area (Å²) in [5, 5.41) is 0. The number of morpholine rings is 1. The summed E-state index contributed by atoms with van der Waals surface area (Å²) in [6.45, 7) is 12.4. The van der Waals surface area contributed by atoms with Gasteiger partial charge in [0.25, 0.3) is 0 Å². The van der Waals surface area contributed by atoms with Crippen LogP contribution >= 0.6 is 0 Å². The monoisotopic (exact) mass is 480 g/mol. The Bertz CT molecular complexity index is 898. The van der Waals surface area contributed by atoms with Crippen LogP contribution in [0.15, 0.2) is 30.5 Å². The highest BCUT2D eigenvalue weighted by molar-refractivity contribution is 5.69. The summed E-state index contributed by atoms with van der Waals surface area (Å²) >= 11 is 0. The van der Waals surface area contributed by atoms with Gasteiger partial charge in [0.05, 0.1) is 25.0 Å². The molecule has 5 nitrogen and oxygen atoms in total. The Balaban J connectivity index is 1.67. The second-order valence-corrected chi connectivity index (χ2v) is 9.84. The average molecular weight is 481 g/mol. The minimum atomic E-state index is 0.0484. The number of nitrogens with zero attached hydrogens (tertiary/aromatic N) is 2. The maximum atomic E-state index is 6.56. The normalized spacial score (nSPS) is 18.5. The summed E-state index contributed by atoms with van der Waals surface area (Å²) in [6, 6.07) is 8.82. The third-order valence-electron chi connectivity index (χ3n) is 7.65. The third-order valence-corrected chi connectivity index (χ3v) is 7.65. The van der Waals surface area contributed by atoms with E-state index < -0.39 is 0 Å². The molecule has 1 aliphatic carbocycles. The molecule has 4 rings (SSSR count). The first-order valence-corrected chi connectivity index (χ1v) is 13.9. The lowest BCUT2D eigenvalue weighted by molar-refractivity contribution is 0.00307. The van der Waals surface area contributed by atoms with Crippen molar-refractivity contribution in [3.05, 3.63) is 47.2 Å². The number of benzene rings is 1. The highest BCUT2D eigenvalue weighted by atomic mass is 16.5. The Morgan fingerprint density at radius 2 is 1.74 bits per heavy atom. The Kier molecular flexibility index (Phi) is 9.99. The van der Waals surface area contributed by atoms with Crippen LogP contribution in [0.3, 0.4) is 0 Å². The number of pyridine rings is 1. The first-order chi connectivity index (χ1) is 17.2. The largest absolute Gasteiger partial charge is 0.492 e. The van der Waals surface area contributed by atoms with Crippen molar-refractivity contribution in [2.24, 2.45) is 5.92 Å². The number of aromatic nitrogens is 1. The van der Waals surface area contributed by atoms with Crippen LogP contribution in [0.5, 0.6) is 5.75 Å². The fraction of sp³-hybridized carbons (Fsp3) is 0.633. The van der Waals surface area contributed by atoms with Crippen molar-refractivity contribution < 1.29 is 14.2 Å². The van der Waals surface area contributed by atoms with Crippen molar-refractivity contribution in [2.75, 3.05) is 46.1 Å². The van der Waals surface area contributed by atoms with Gasteiger partial charge in [-0.1, -0.05) is 51.3 Å². The third kappa shape index (κ3) is 6.63. The first kappa shape index (κ1) is 26.1. The van der Waals surface area contributed by atoms with Crippen LogP contribution in [-0.4, -0.2) is 55.9 Å². The molecular weight excluding hydrogens is 436 g/mol. The van der Waals surface area contributed by atoms with E-state index in [1.54, 1.807) is 0 Å². The summed E-state index contributed by atoms with van der Waals surface area (Å²) < 4.78 is 18.5. The minimum Gasteiger partial charge on any atom is -0.492 e. The predicted octanol–water partition coefficient (Wildman–Crippen LogP) is 6.24. The van der Waals surface area contributed by atoms with Crippen molar-refractivity contribution in [3.63, 3.8) is 0 Å². The quantitative estimate of drug-likeness (QED) is 0.381. The van der Waals surface area contributed by atoms with E-state index in [-0.39, 0.29) is 6.10 Å². The maximum Gasteiger partial charge on any atom is 0.128 e. The van der Waals surface area contributed by atoms with E-state index in [9.17, 15) is 0 Å². The van der Waals surface area contributed by atoms with Gasteiger partial charge in [-0.05, 0) is 49.7 Å². The van der Waals surface area contributed by atoms with Gasteiger partial charge in [-0.15, -0.1) is 0 Å². The molecule has 1 atom stereocenters. The molecule has 192 valence electrons. The Hall–Kier alpha value is -1.95. The smallest absolute Gasteiger partial charge is 0.128 e. The molecule has 2 aromatic rings. The molecule has 0 spiro atoms. The van der Waals surface area contributed by atoms with Crippen molar-refractivity contribution in [1.82, 2.24) is 9.88 Å². The second-order valence-electron chi connectivity index (χ2n) is 9.84. The van der Waals surface area contributed by atoms with Crippen LogP contribution in [0.2, 0.25) is 0 Å². The topological polar surface area (TPSA) is 43.8 Å². The summed E-state index contributed by atoms with van der Waals surface area (Å²) in [5.74, 6) is 1.48. The lowest BCUT2D eigenvalue weighted by atomic mass is 9.82. The Morgan fingerprint density at radius 1 is 1.03 bits per heavy atom. The van der Waals surface area contributed by atoms with Gasteiger partial charge in [0.2, 0.25) is 0 Å². The molecule has 0 bridgehead atoms. The van der Waals surface area contributed by atoms with Gasteiger partial charge in [-0.2, -0.15) is 0 Å². The van der Waals surface area contributed by atoms with Crippen LogP contribution in [-0.2, 0) is 22.3 Å². The van der Waals surface area contributed by atoms with E-state index in [1.165, 1.54) is 48.8 Å². The maximum absolute atomic E-state index is 6.56. The van der Waals surface area contributed by atoms with Gasteiger partial charge in [0.15, 0.2) is 0 Å². The lowest BCUT2D eigenvalue weighted by Crippen LogP contribution is -2.38. The van der Waals surface area contributed by atoms with Crippen molar-refractivity contribution in [3.8, 4) is 17.0 Å². The molecule has 1 saturated carbocycles. The fourth-order valence-electron chi connectivity index (χ4n) is 5.70. The van der Waals surface area contributed by atoms with Crippen LogP contribution in [0.4, 0.5) is 0 Å². The molecule has 1 aromatic heterocycles. The average Bonchev–Trinajstić information content (AvgIpc) is 2.92. The van der Waals surface area contributed by atoms with Gasteiger partial charge in [-0.3, -0.25) is 9.88 Å². The van der Waals surface area contributed by atoms with E-state index in [4.69, 9.17) is 19.2 Å². The number of ether oxygens (including phenoxy) is 3. The zero-order valence-electron chi connectivity index (χ0n) is 22.1. The van der Waals surface area contributed by atoms with Gasteiger partial charge >= 0.3 is 0 Å². The molecule has 0 amide bonds. The highest BCUT2D eigenvalue weighted by Crippen LogP contribution is 2.41. The van der Waals surface area contributed by atoms with Crippen LogP contribution < -0.4 is 4.74 Å².